The van der Waals surface area contributed by atoms with E-state index in [0.717, 1.165) is 78.4 Å². The van der Waals surface area contributed by atoms with Gasteiger partial charge in [0.15, 0.2) is 0 Å². The molecule has 4 saturated carbocycles. The van der Waals surface area contributed by atoms with Crippen LogP contribution in [0.3, 0.4) is 0 Å². The third kappa shape index (κ3) is 36.9. The molecule has 12 rings (SSSR count). The standard InChI is InChI=1S/4C12H23N.4C10H19N.4Y/c1-11-4-7-12(8-5-11)6-3-9-13(2)10-12;1-11-3-5-12(6-4-11)7-9-13(2)10-8-12;1-11-5-8-12(9-6-11)7-3-4-10-13(12)2;1-11-4-3-5-12(10-11)6-8-13(2)9-7-12;1-4-7-10(2)8-5-6-9-11(10)3;1-4-5-10(2)6-8-11(3)9-7-10;1-4-10(5-2)6-8-11(3)9-7-10;1-3-4-6-10-7-5-8-11(2)9-10;;;;/h4*11H,3-10H2,1-2H3;3*1-2,4-9H2,3H3;1,3-9H2,2H3;;;;/q;;;;4*-2;;;;. The van der Waals surface area contributed by atoms with Gasteiger partial charge in [-0.1, -0.05) is 117 Å². The van der Waals surface area contributed by atoms with E-state index in [2.05, 4.69) is 172 Å². The summed E-state index contributed by atoms with van der Waals surface area (Å²) in [4.78, 5) is 19.8. The summed E-state index contributed by atoms with van der Waals surface area (Å²) < 4.78 is 0. The zero-order chi connectivity index (χ0) is 70.3. The SMILES string of the molecule is CC1CCC2(CC1)CCN(C)CC2.CC1CCC2(CCCCN2C)CC1.CC1CCC2(CCCN(C)C2)CC1.CC1CCCC2(CCN(C)CC2)C1.[CH2-]CC1(C[CH2-])CCN(C)CC1.[CH2-]CCC1([CH2-])CCCCN1C.[CH2-]CCC1([CH2-])CCN(C)CC1.[CH2-]CCC[C-]1CCCN(C)C1.[Y].[Y].[Y].[Y]. The van der Waals surface area contributed by atoms with Gasteiger partial charge in [-0.25, -0.2) is 0 Å². The smallest absolute Gasteiger partial charge is 0.0206 e. The Bertz CT molecular complexity index is 1880. The van der Waals surface area contributed by atoms with Crippen molar-refractivity contribution in [3.05, 3.63) is 54.4 Å². The molecule has 12 aliphatic rings. The first-order chi connectivity index (χ1) is 45.7. The van der Waals surface area contributed by atoms with Gasteiger partial charge in [0.1, 0.15) is 0 Å². The van der Waals surface area contributed by atoms with Crippen molar-refractivity contribution in [3.8, 4) is 0 Å². The van der Waals surface area contributed by atoms with Gasteiger partial charge in [0.05, 0.1) is 0 Å². The normalized spacial score (nSPS) is 29.5. The molecule has 2 unspecified atom stereocenters. The summed E-state index contributed by atoms with van der Waals surface area (Å²) in [5.74, 6) is 5.73. The maximum atomic E-state index is 4.29. The second-order valence-electron chi connectivity index (χ2n) is 36.8. The van der Waals surface area contributed by atoms with Crippen LogP contribution in [0, 0.1) is 105 Å². The Labute approximate surface area is 729 Å². The fourth-order valence-corrected chi connectivity index (χ4v) is 19.7. The van der Waals surface area contributed by atoms with Crippen LogP contribution in [0.5, 0.6) is 0 Å². The number of rotatable bonds is 9. The van der Waals surface area contributed by atoms with Crippen LogP contribution in [0.1, 0.15) is 304 Å². The Hall–Kier alpha value is 4.10. The van der Waals surface area contributed by atoms with Crippen molar-refractivity contribution >= 4 is 0 Å². The summed E-state index contributed by atoms with van der Waals surface area (Å²) in [6, 6.07) is 0. The molecular formula is C88H168N8Y4-8. The van der Waals surface area contributed by atoms with Gasteiger partial charge in [-0.15, -0.1) is 24.9 Å². The number of nitrogens with zero attached hydrogens (tertiary/aromatic N) is 8. The first-order valence-corrected chi connectivity index (χ1v) is 41.8. The van der Waals surface area contributed by atoms with E-state index in [-0.39, 0.29) is 136 Å². The van der Waals surface area contributed by atoms with E-state index >= 15 is 0 Å². The van der Waals surface area contributed by atoms with E-state index in [1.54, 1.807) is 5.92 Å². The van der Waals surface area contributed by atoms with E-state index in [9.17, 15) is 0 Å². The average molecular weight is 1690 g/mol. The maximum Gasteiger partial charge on any atom is 0.0206 e. The predicted molar refractivity (Wildman–Crippen MR) is 424 cm³/mol. The maximum absolute atomic E-state index is 4.29. The number of likely N-dealkylation sites (tertiary alicyclic amines) is 8. The molecule has 100 heavy (non-hydrogen) atoms. The molecule has 4 spiro atoms. The summed E-state index contributed by atoms with van der Waals surface area (Å²) in [7, 11) is 17.9. The van der Waals surface area contributed by atoms with Gasteiger partial charge in [-0.3, -0.25) is 0 Å². The minimum atomic E-state index is 0. The zero-order valence-electron chi connectivity index (χ0n) is 69.5. The molecule has 2 atom stereocenters. The van der Waals surface area contributed by atoms with Crippen molar-refractivity contribution in [2.24, 2.45) is 50.7 Å². The minimum absolute atomic E-state index is 0. The van der Waals surface area contributed by atoms with Crippen molar-refractivity contribution in [2.75, 3.05) is 148 Å². The van der Waals surface area contributed by atoms with Gasteiger partial charge in [0, 0.05) is 143 Å². The number of hydrogen-bond donors (Lipinski definition) is 0. The molecule has 0 bridgehead atoms. The summed E-state index contributed by atoms with van der Waals surface area (Å²) in [6.07, 6.45) is 58.9. The molecule has 580 valence electrons. The Morgan fingerprint density at radius 3 is 1.24 bits per heavy atom. The van der Waals surface area contributed by atoms with Crippen LogP contribution in [-0.2, 0) is 131 Å². The largest absolute Gasteiger partial charge is 0.343 e. The Balaban J connectivity index is 0.000000569. The molecule has 4 aliphatic carbocycles. The number of unbranched alkanes of at least 4 members (excludes halogenated alkanes) is 1. The molecular weight excluding hydrogens is 1520 g/mol. The molecule has 0 aromatic heterocycles. The molecule has 8 aliphatic heterocycles. The molecule has 8 saturated heterocycles. The van der Waals surface area contributed by atoms with Gasteiger partial charge >= 0.3 is 0 Å². The Kier molecular flexibility index (Phi) is 54.3. The number of hydrogen-bond acceptors (Lipinski definition) is 8. The van der Waals surface area contributed by atoms with Gasteiger partial charge < -0.3 is 93.6 Å². The van der Waals surface area contributed by atoms with E-state index in [0.29, 0.717) is 16.4 Å². The predicted octanol–water partition coefficient (Wildman–Crippen LogP) is 20.6. The van der Waals surface area contributed by atoms with Crippen LogP contribution in [0.15, 0.2) is 0 Å². The first kappa shape index (κ1) is 102. The summed E-state index contributed by atoms with van der Waals surface area (Å²) in [5, 5.41) is 0. The van der Waals surface area contributed by atoms with Crippen molar-refractivity contribution < 1.29 is 131 Å². The topological polar surface area (TPSA) is 25.9 Å². The average Bonchev–Trinajstić information content (AvgIpc) is 0.820. The summed E-state index contributed by atoms with van der Waals surface area (Å²) in [5.41, 5.74) is 3.95. The molecule has 4 radical (unpaired) electrons. The molecule has 0 amide bonds. The Morgan fingerprint density at radius 1 is 0.350 bits per heavy atom. The van der Waals surface area contributed by atoms with Crippen LogP contribution < -0.4 is 0 Å². The molecule has 0 aromatic rings. The van der Waals surface area contributed by atoms with Gasteiger partial charge in [-0.05, 0) is 310 Å². The second-order valence-corrected chi connectivity index (χ2v) is 36.8. The molecule has 0 aromatic carbocycles. The first-order valence-electron chi connectivity index (χ1n) is 41.8. The summed E-state index contributed by atoms with van der Waals surface area (Å²) >= 11 is 0. The third-order valence-corrected chi connectivity index (χ3v) is 28.2. The fraction of sp³-hybridized carbons (Fsp3) is 0.909. The molecule has 8 heterocycles. The van der Waals surface area contributed by atoms with E-state index in [4.69, 9.17) is 0 Å². The fourth-order valence-electron chi connectivity index (χ4n) is 19.7. The van der Waals surface area contributed by atoms with Crippen molar-refractivity contribution in [2.45, 2.75) is 315 Å². The van der Waals surface area contributed by atoms with Crippen molar-refractivity contribution in [3.63, 3.8) is 0 Å². The van der Waals surface area contributed by atoms with Crippen LogP contribution in [0.25, 0.3) is 0 Å². The van der Waals surface area contributed by atoms with Crippen LogP contribution in [0.2, 0.25) is 0 Å². The van der Waals surface area contributed by atoms with Crippen molar-refractivity contribution in [1.82, 2.24) is 39.2 Å². The van der Waals surface area contributed by atoms with E-state index in [1.807, 2.05) is 0 Å². The van der Waals surface area contributed by atoms with Gasteiger partial charge in [0.2, 0.25) is 0 Å². The van der Waals surface area contributed by atoms with Gasteiger partial charge in [-0.2, -0.15) is 50.4 Å². The van der Waals surface area contributed by atoms with Crippen LogP contribution >= 0.6 is 0 Å². The molecule has 12 fully saturated rings. The molecule has 0 N–H and O–H groups in total. The molecule has 12 heteroatoms. The zero-order valence-corrected chi connectivity index (χ0v) is 80.8. The van der Waals surface area contributed by atoms with E-state index in [1.165, 1.54) is 329 Å². The van der Waals surface area contributed by atoms with Crippen LogP contribution in [-0.4, -0.2) is 198 Å². The number of piperidine rings is 8. The van der Waals surface area contributed by atoms with Crippen LogP contribution in [0.4, 0.5) is 0 Å². The summed E-state index contributed by atoms with van der Waals surface area (Å²) in [6.45, 7) is 56.0. The third-order valence-electron chi connectivity index (χ3n) is 28.2. The quantitative estimate of drug-likeness (QED) is 0.211. The van der Waals surface area contributed by atoms with E-state index < -0.39 is 0 Å². The molecule has 8 nitrogen and oxygen atoms in total. The Morgan fingerprint density at radius 2 is 0.790 bits per heavy atom. The monoisotopic (exact) mass is 1690 g/mol. The minimum Gasteiger partial charge on any atom is -0.343 e. The van der Waals surface area contributed by atoms with Gasteiger partial charge in [0.25, 0.3) is 0 Å². The second kappa shape index (κ2) is 53.2. The van der Waals surface area contributed by atoms with Crippen molar-refractivity contribution in [1.29, 1.82) is 0 Å².